The molecule has 1 aromatic heterocycles. The molecule has 2 aromatic rings. The van der Waals surface area contributed by atoms with Gasteiger partial charge >= 0.3 is 0 Å². The number of fused-ring (bicyclic) bond motifs is 1. The lowest BCUT2D eigenvalue weighted by atomic mass is 10.0. The maximum atomic E-state index is 12.0. The maximum Gasteiger partial charge on any atom is 0.226 e. The summed E-state index contributed by atoms with van der Waals surface area (Å²) < 4.78 is 5.19. The van der Waals surface area contributed by atoms with Crippen LogP contribution in [0.1, 0.15) is 31.9 Å². The third kappa shape index (κ3) is 4.29. The van der Waals surface area contributed by atoms with Crippen molar-refractivity contribution >= 4 is 16.9 Å². The molecular weight excluding hydrogens is 268 g/mol. The highest BCUT2D eigenvalue weighted by atomic mass is 16.5. The Kier molecular flexibility index (Phi) is 5.75. The highest BCUT2D eigenvalue weighted by Crippen LogP contribution is 2.18. The highest BCUT2D eigenvalue weighted by Gasteiger charge is 2.13. The van der Waals surface area contributed by atoms with Crippen LogP contribution in [0, 0.1) is 5.92 Å². The highest BCUT2D eigenvalue weighted by molar-refractivity contribution is 5.86. The van der Waals surface area contributed by atoms with Gasteiger partial charge in [0.2, 0.25) is 5.91 Å². The number of carbonyl (C=O) groups excluding carboxylic acids is 1. The molecule has 5 nitrogen and oxygen atoms in total. The molecule has 5 heteroatoms. The zero-order chi connectivity index (χ0) is 15.1. The van der Waals surface area contributed by atoms with Crippen LogP contribution in [-0.2, 0) is 11.2 Å². The number of benzene rings is 1. The van der Waals surface area contributed by atoms with Gasteiger partial charge in [-0.3, -0.25) is 4.79 Å². The predicted molar refractivity (Wildman–Crippen MR) is 80.8 cm³/mol. The van der Waals surface area contributed by atoms with Crippen LogP contribution in [0.4, 0.5) is 0 Å². The van der Waals surface area contributed by atoms with E-state index in [1.807, 2.05) is 24.3 Å². The predicted octanol–water partition coefficient (Wildman–Crippen LogP) is 2.29. The zero-order valence-electron chi connectivity index (χ0n) is 12.3. The van der Waals surface area contributed by atoms with Crippen molar-refractivity contribution in [3.8, 4) is 0 Å². The molecule has 114 valence electrons. The fraction of sp³-hybridized carbons (Fsp3) is 0.500. The van der Waals surface area contributed by atoms with E-state index < -0.39 is 0 Å². The number of aliphatic hydroxyl groups is 1. The standard InChI is InChI=1S/C16H22N2O3/c1-2-5-12(8-9-19)11-17-16(20)10-14-13-6-3-4-7-15(13)21-18-14/h3-4,6-7,12,19H,2,5,8-11H2,1H3,(H,17,20). The van der Waals surface area contributed by atoms with E-state index in [2.05, 4.69) is 17.4 Å². The molecule has 0 radical (unpaired) electrons. The molecule has 1 unspecified atom stereocenters. The molecule has 0 aliphatic rings. The third-order valence-electron chi connectivity index (χ3n) is 3.60. The van der Waals surface area contributed by atoms with Gasteiger partial charge in [0.05, 0.1) is 6.42 Å². The van der Waals surface area contributed by atoms with E-state index >= 15 is 0 Å². The minimum Gasteiger partial charge on any atom is -0.396 e. The van der Waals surface area contributed by atoms with Crippen molar-refractivity contribution in [3.63, 3.8) is 0 Å². The number of aromatic nitrogens is 1. The Morgan fingerprint density at radius 2 is 2.19 bits per heavy atom. The number of nitrogens with zero attached hydrogens (tertiary/aromatic N) is 1. The molecule has 0 saturated heterocycles. The minimum absolute atomic E-state index is 0.0619. The molecule has 0 bridgehead atoms. The van der Waals surface area contributed by atoms with Crippen molar-refractivity contribution in [2.75, 3.05) is 13.2 Å². The van der Waals surface area contributed by atoms with Gasteiger partial charge in [0, 0.05) is 18.5 Å². The number of nitrogens with one attached hydrogen (secondary N) is 1. The van der Waals surface area contributed by atoms with Crippen molar-refractivity contribution in [3.05, 3.63) is 30.0 Å². The first-order chi connectivity index (χ1) is 10.2. The van der Waals surface area contributed by atoms with Gasteiger partial charge in [-0.05, 0) is 30.9 Å². The molecule has 0 aliphatic heterocycles. The summed E-state index contributed by atoms with van der Waals surface area (Å²) in [7, 11) is 0. The molecular formula is C16H22N2O3. The fourth-order valence-electron chi connectivity index (χ4n) is 2.48. The van der Waals surface area contributed by atoms with Crippen molar-refractivity contribution in [1.82, 2.24) is 10.5 Å². The van der Waals surface area contributed by atoms with E-state index in [0.29, 0.717) is 23.7 Å². The van der Waals surface area contributed by atoms with Crippen LogP contribution < -0.4 is 5.32 Å². The molecule has 21 heavy (non-hydrogen) atoms. The summed E-state index contributed by atoms with van der Waals surface area (Å²) in [6.07, 6.45) is 3.00. The van der Waals surface area contributed by atoms with Gasteiger partial charge in [0.15, 0.2) is 5.58 Å². The maximum absolute atomic E-state index is 12.0. The Morgan fingerprint density at radius 3 is 2.95 bits per heavy atom. The summed E-state index contributed by atoms with van der Waals surface area (Å²) in [6.45, 7) is 2.87. The van der Waals surface area contributed by atoms with E-state index in [1.165, 1.54) is 0 Å². The summed E-state index contributed by atoms with van der Waals surface area (Å²) in [5.74, 6) is 0.270. The van der Waals surface area contributed by atoms with Crippen molar-refractivity contribution in [1.29, 1.82) is 0 Å². The Morgan fingerprint density at radius 1 is 1.38 bits per heavy atom. The zero-order valence-corrected chi connectivity index (χ0v) is 12.3. The van der Waals surface area contributed by atoms with Crippen LogP contribution in [0.5, 0.6) is 0 Å². The first-order valence-corrected chi connectivity index (χ1v) is 7.45. The molecule has 0 spiro atoms. The summed E-state index contributed by atoms with van der Waals surface area (Å²) in [5, 5.41) is 16.8. The van der Waals surface area contributed by atoms with Crippen molar-refractivity contribution in [2.45, 2.75) is 32.6 Å². The van der Waals surface area contributed by atoms with Gasteiger partial charge in [-0.25, -0.2) is 0 Å². The average Bonchev–Trinajstić information content (AvgIpc) is 2.89. The number of carbonyl (C=O) groups is 1. The molecule has 2 rings (SSSR count). The Balaban J connectivity index is 1.89. The van der Waals surface area contributed by atoms with Crippen LogP contribution in [0.15, 0.2) is 28.8 Å². The molecule has 0 aliphatic carbocycles. The van der Waals surface area contributed by atoms with E-state index in [4.69, 9.17) is 9.63 Å². The quantitative estimate of drug-likeness (QED) is 0.782. The van der Waals surface area contributed by atoms with Gasteiger partial charge < -0.3 is 14.9 Å². The molecule has 0 saturated carbocycles. The topological polar surface area (TPSA) is 75.4 Å². The van der Waals surface area contributed by atoms with E-state index in [0.717, 1.165) is 24.6 Å². The van der Waals surface area contributed by atoms with Crippen LogP contribution in [0.25, 0.3) is 11.0 Å². The van der Waals surface area contributed by atoms with Gasteiger partial charge in [-0.15, -0.1) is 0 Å². The number of rotatable bonds is 8. The van der Waals surface area contributed by atoms with Crippen molar-refractivity contribution in [2.24, 2.45) is 5.92 Å². The monoisotopic (exact) mass is 290 g/mol. The van der Waals surface area contributed by atoms with Gasteiger partial charge in [-0.2, -0.15) is 0 Å². The molecule has 1 aromatic carbocycles. The largest absolute Gasteiger partial charge is 0.396 e. The SMILES string of the molecule is CCCC(CCO)CNC(=O)Cc1noc2ccccc12. The lowest BCUT2D eigenvalue weighted by Crippen LogP contribution is -2.31. The third-order valence-corrected chi connectivity index (χ3v) is 3.60. The van der Waals surface area contributed by atoms with E-state index in [1.54, 1.807) is 0 Å². The number of para-hydroxylation sites is 1. The molecule has 0 fully saturated rings. The van der Waals surface area contributed by atoms with Gasteiger partial charge in [0.1, 0.15) is 5.69 Å². The Hall–Kier alpha value is -1.88. The lowest BCUT2D eigenvalue weighted by molar-refractivity contribution is -0.120. The lowest BCUT2D eigenvalue weighted by Gasteiger charge is -2.15. The van der Waals surface area contributed by atoms with Gasteiger partial charge in [0.25, 0.3) is 0 Å². The Bertz CT molecular complexity index is 574. The molecule has 1 amide bonds. The number of hydrogen-bond acceptors (Lipinski definition) is 4. The fourth-order valence-corrected chi connectivity index (χ4v) is 2.48. The first-order valence-electron chi connectivity index (χ1n) is 7.45. The van der Waals surface area contributed by atoms with Crippen LogP contribution in [0.2, 0.25) is 0 Å². The van der Waals surface area contributed by atoms with Crippen LogP contribution in [0.3, 0.4) is 0 Å². The number of amides is 1. The van der Waals surface area contributed by atoms with E-state index in [-0.39, 0.29) is 18.9 Å². The average molecular weight is 290 g/mol. The second-order valence-electron chi connectivity index (χ2n) is 5.27. The molecule has 1 heterocycles. The smallest absolute Gasteiger partial charge is 0.226 e. The summed E-state index contributed by atoms with van der Waals surface area (Å²) in [5.41, 5.74) is 1.36. The summed E-state index contributed by atoms with van der Waals surface area (Å²) in [4.78, 5) is 12.0. The normalized spacial score (nSPS) is 12.5. The molecule has 2 N–H and O–H groups in total. The second-order valence-corrected chi connectivity index (χ2v) is 5.27. The molecule has 1 atom stereocenters. The summed E-state index contributed by atoms with van der Waals surface area (Å²) >= 11 is 0. The second kappa shape index (κ2) is 7.78. The Labute approximate surface area is 124 Å². The number of aliphatic hydroxyl groups excluding tert-OH is 1. The summed E-state index contributed by atoms with van der Waals surface area (Å²) in [6, 6.07) is 7.52. The van der Waals surface area contributed by atoms with Crippen LogP contribution >= 0.6 is 0 Å². The van der Waals surface area contributed by atoms with Crippen molar-refractivity contribution < 1.29 is 14.4 Å². The number of hydrogen-bond donors (Lipinski definition) is 2. The minimum atomic E-state index is -0.0619. The van der Waals surface area contributed by atoms with Crippen LogP contribution in [-0.4, -0.2) is 29.3 Å². The van der Waals surface area contributed by atoms with Gasteiger partial charge in [-0.1, -0.05) is 30.6 Å². The van der Waals surface area contributed by atoms with E-state index in [9.17, 15) is 4.79 Å². The first kappa shape index (κ1) is 15.5.